The van der Waals surface area contributed by atoms with E-state index in [1.54, 1.807) is 12.1 Å². The maximum absolute atomic E-state index is 13.3. The van der Waals surface area contributed by atoms with Gasteiger partial charge in [-0.1, -0.05) is 18.6 Å². The molecule has 1 N–H and O–H groups in total. The minimum Gasteiger partial charge on any atom is -0.495 e. The number of anilines is 1. The second-order valence-electron chi connectivity index (χ2n) is 8.23. The number of piperidine rings is 1. The molecule has 8 nitrogen and oxygen atoms in total. The van der Waals surface area contributed by atoms with Crippen LogP contribution in [0.5, 0.6) is 5.75 Å². The van der Waals surface area contributed by atoms with Gasteiger partial charge in [-0.3, -0.25) is 4.79 Å². The number of methoxy groups -OCH3 is 1. The van der Waals surface area contributed by atoms with Gasteiger partial charge in [-0.15, -0.1) is 0 Å². The van der Waals surface area contributed by atoms with Gasteiger partial charge in [0.1, 0.15) is 10.6 Å². The molecule has 0 radical (unpaired) electrons. The highest BCUT2D eigenvalue weighted by Gasteiger charge is 2.34. The minimum absolute atomic E-state index is 0.0224. The first-order valence-corrected chi connectivity index (χ1v) is 12.4. The zero-order valence-electron chi connectivity index (χ0n) is 19.3. The van der Waals surface area contributed by atoms with E-state index in [0.717, 1.165) is 24.8 Å². The predicted octanol–water partition coefficient (Wildman–Crippen LogP) is 3.75. The van der Waals surface area contributed by atoms with Crippen molar-refractivity contribution < 1.29 is 27.5 Å². The molecule has 178 valence electrons. The van der Waals surface area contributed by atoms with E-state index in [0.29, 0.717) is 12.2 Å². The third kappa shape index (κ3) is 5.72. The van der Waals surface area contributed by atoms with Crippen LogP contribution >= 0.6 is 0 Å². The Kier molecular flexibility index (Phi) is 7.76. The molecule has 1 fully saturated rings. The average molecular weight is 475 g/mol. The Labute approximate surface area is 194 Å². The number of ether oxygens (including phenoxy) is 2. The number of nitrogens with zero attached hydrogens (tertiary/aromatic N) is 1. The summed E-state index contributed by atoms with van der Waals surface area (Å²) in [6, 6.07) is 11.2. The fraction of sp³-hybridized carbons (Fsp3) is 0.417. The molecule has 3 rings (SSSR count). The molecule has 2 unspecified atom stereocenters. The zero-order valence-corrected chi connectivity index (χ0v) is 20.1. The number of carbonyl (C=O) groups excluding carboxylic acids is 2. The van der Waals surface area contributed by atoms with Crippen LogP contribution < -0.4 is 10.1 Å². The Hall–Kier alpha value is -2.91. The van der Waals surface area contributed by atoms with Crippen molar-refractivity contribution in [3.63, 3.8) is 0 Å². The van der Waals surface area contributed by atoms with E-state index in [1.807, 2.05) is 26.0 Å². The van der Waals surface area contributed by atoms with Crippen molar-refractivity contribution in [3.05, 3.63) is 53.6 Å². The lowest BCUT2D eigenvalue weighted by atomic mass is 10.1. The number of amides is 1. The minimum atomic E-state index is -3.88. The van der Waals surface area contributed by atoms with Gasteiger partial charge in [-0.05, 0) is 69.5 Å². The van der Waals surface area contributed by atoms with Crippen molar-refractivity contribution in [2.45, 2.75) is 57.1 Å². The Morgan fingerprint density at radius 1 is 1.15 bits per heavy atom. The van der Waals surface area contributed by atoms with Gasteiger partial charge in [0, 0.05) is 18.3 Å². The monoisotopic (exact) mass is 474 g/mol. The third-order valence-electron chi connectivity index (χ3n) is 5.67. The van der Waals surface area contributed by atoms with Crippen LogP contribution in [0.15, 0.2) is 47.4 Å². The van der Waals surface area contributed by atoms with Gasteiger partial charge in [0.15, 0.2) is 6.10 Å². The predicted molar refractivity (Wildman–Crippen MR) is 125 cm³/mol. The van der Waals surface area contributed by atoms with E-state index in [2.05, 4.69) is 5.32 Å². The number of rotatable bonds is 7. The molecular formula is C24H30N2O6S. The first-order valence-electron chi connectivity index (χ1n) is 10.9. The van der Waals surface area contributed by atoms with Crippen molar-refractivity contribution in [1.82, 2.24) is 4.31 Å². The number of nitrogens with one attached hydrogen (secondary N) is 1. The summed E-state index contributed by atoms with van der Waals surface area (Å²) in [5.74, 6) is -1.14. The number of esters is 1. The smallest absolute Gasteiger partial charge is 0.338 e. The molecule has 1 heterocycles. The highest BCUT2D eigenvalue weighted by atomic mass is 32.2. The molecule has 0 bridgehead atoms. The Balaban J connectivity index is 1.79. The highest BCUT2D eigenvalue weighted by Crippen LogP contribution is 2.32. The molecular weight excluding hydrogens is 444 g/mol. The number of sulfonamides is 1. The van der Waals surface area contributed by atoms with E-state index >= 15 is 0 Å². The molecule has 2 aromatic carbocycles. The van der Waals surface area contributed by atoms with Crippen LogP contribution in [0.2, 0.25) is 0 Å². The van der Waals surface area contributed by atoms with Crippen molar-refractivity contribution in [3.8, 4) is 5.75 Å². The molecule has 0 saturated carbocycles. The first-order chi connectivity index (χ1) is 15.6. The van der Waals surface area contributed by atoms with Crippen LogP contribution in [0.3, 0.4) is 0 Å². The van der Waals surface area contributed by atoms with Crippen LogP contribution in [-0.2, 0) is 19.6 Å². The summed E-state index contributed by atoms with van der Waals surface area (Å²) in [7, 11) is -2.50. The molecule has 2 atom stereocenters. The van der Waals surface area contributed by atoms with Gasteiger partial charge in [-0.25, -0.2) is 13.2 Å². The molecule has 2 aromatic rings. The highest BCUT2D eigenvalue weighted by molar-refractivity contribution is 7.89. The first kappa shape index (κ1) is 24.7. The average Bonchev–Trinajstić information content (AvgIpc) is 2.78. The lowest BCUT2D eigenvalue weighted by molar-refractivity contribution is -0.123. The largest absolute Gasteiger partial charge is 0.495 e. The summed E-state index contributed by atoms with van der Waals surface area (Å²) in [5.41, 5.74) is 1.60. The molecule has 1 aliphatic heterocycles. The lowest BCUT2D eigenvalue weighted by Gasteiger charge is -2.32. The molecule has 0 spiro atoms. The van der Waals surface area contributed by atoms with Gasteiger partial charge in [-0.2, -0.15) is 4.31 Å². The normalized spacial score (nSPS) is 17.8. The fourth-order valence-electron chi connectivity index (χ4n) is 3.81. The third-order valence-corrected chi connectivity index (χ3v) is 7.70. The summed E-state index contributed by atoms with van der Waals surface area (Å²) < 4.78 is 38.7. The Bertz CT molecular complexity index is 1130. The van der Waals surface area contributed by atoms with Crippen LogP contribution in [-0.4, -0.2) is 50.4 Å². The maximum atomic E-state index is 13.3. The summed E-state index contributed by atoms with van der Waals surface area (Å²) in [5, 5.41) is 2.70. The fourth-order valence-corrected chi connectivity index (χ4v) is 5.69. The second kappa shape index (κ2) is 10.4. The number of hydrogen-bond donors (Lipinski definition) is 1. The Morgan fingerprint density at radius 3 is 2.58 bits per heavy atom. The number of hydrogen-bond acceptors (Lipinski definition) is 6. The molecule has 1 saturated heterocycles. The molecule has 1 aliphatic rings. The summed E-state index contributed by atoms with van der Waals surface area (Å²) >= 11 is 0. The summed E-state index contributed by atoms with van der Waals surface area (Å²) in [4.78, 5) is 25.1. The van der Waals surface area contributed by atoms with Crippen LogP contribution in [0, 0.1) is 6.92 Å². The topological polar surface area (TPSA) is 102 Å². The molecule has 1 amide bonds. The van der Waals surface area contributed by atoms with Crippen LogP contribution in [0.1, 0.15) is 49.0 Å². The molecule has 33 heavy (non-hydrogen) atoms. The standard InChI is InChI=1S/C24H30N2O6S/c1-16-8-7-10-20(14-16)25-23(27)18(3)32-24(28)19-11-12-21(31-4)22(15-19)33(29,30)26-13-6-5-9-17(26)2/h7-8,10-12,14-15,17-18H,5-6,9,13H2,1-4H3,(H,25,27). The molecule has 0 aromatic heterocycles. The summed E-state index contributed by atoms with van der Waals surface area (Å²) in [6.45, 7) is 5.64. The van der Waals surface area contributed by atoms with Crippen LogP contribution in [0.4, 0.5) is 5.69 Å². The second-order valence-corrected chi connectivity index (χ2v) is 10.1. The number of carbonyl (C=O) groups is 2. The van der Waals surface area contributed by atoms with Gasteiger partial charge in [0.05, 0.1) is 12.7 Å². The lowest BCUT2D eigenvalue weighted by Crippen LogP contribution is -2.42. The van der Waals surface area contributed by atoms with E-state index in [1.165, 1.54) is 36.5 Å². The van der Waals surface area contributed by atoms with E-state index in [4.69, 9.17) is 9.47 Å². The summed E-state index contributed by atoms with van der Waals surface area (Å²) in [6.07, 6.45) is 1.44. The van der Waals surface area contributed by atoms with Crippen molar-refractivity contribution in [2.24, 2.45) is 0 Å². The quantitative estimate of drug-likeness (QED) is 0.613. The van der Waals surface area contributed by atoms with Gasteiger partial charge < -0.3 is 14.8 Å². The van der Waals surface area contributed by atoms with Crippen molar-refractivity contribution in [2.75, 3.05) is 19.0 Å². The van der Waals surface area contributed by atoms with Gasteiger partial charge in [0.2, 0.25) is 10.0 Å². The maximum Gasteiger partial charge on any atom is 0.338 e. The van der Waals surface area contributed by atoms with Gasteiger partial charge in [0.25, 0.3) is 5.91 Å². The number of aryl methyl sites for hydroxylation is 1. The number of benzene rings is 2. The molecule has 0 aliphatic carbocycles. The molecule has 9 heteroatoms. The van der Waals surface area contributed by atoms with Gasteiger partial charge >= 0.3 is 5.97 Å². The van der Waals surface area contributed by atoms with E-state index in [9.17, 15) is 18.0 Å². The SMILES string of the molecule is COc1ccc(C(=O)OC(C)C(=O)Nc2cccc(C)c2)cc1S(=O)(=O)N1CCCCC1C. The van der Waals surface area contributed by atoms with Crippen LogP contribution in [0.25, 0.3) is 0 Å². The van der Waals surface area contributed by atoms with E-state index < -0.39 is 28.0 Å². The van der Waals surface area contributed by atoms with Crippen molar-refractivity contribution in [1.29, 1.82) is 0 Å². The Morgan fingerprint density at radius 2 is 1.91 bits per heavy atom. The zero-order chi connectivity index (χ0) is 24.2. The van der Waals surface area contributed by atoms with E-state index in [-0.39, 0.29) is 22.3 Å². The van der Waals surface area contributed by atoms with Crippen molar-refractivity contribution >= 4 is 27.6 Å².